The minimum absolute atomic E-state index is 0.0307. The van der Waals surface area contributed by atoms with E-state index in [0.29, 0.717) is 31.1 Å². The molecule has 2 rings (SSSR count). The Kier molecular flexibility index (Phi) is 4.13. The number of rotatable bonds is 5. The van der Waals surface area contributed by atoms with E-state index in [9.17, 15) is 9.59 Å². The van der Waals surface area contributed by atoms with E-state index in [1.54, 1.807) is 4.90 Å². The van der Waals surface area contributed by atoms with Crippen molar-refractivity contribution in [2.24, 2.45) is 5.92 Å². The number of carbonyl (C=O) groups excluding carboxylic acids is 2. The number of nitrogens with one attached hydrogen (secondary N) is 1. The number of nitrogens with zero attached hydrogens (tertiary/aromatic N) is 3. The second-order valence-electron chi connectivity index (χ2n) is 5.11. The molecule has 0 aliphatic carbocycles. The van der Waals surface area contributed by atoms with Crippen molar-refractivity contribution in [3.05, 3.63) is 12.2 Å². The van der Waals surface area contributed by atoms with Crippen LogP contribution in [0.3, 0.4) is 0 Å². The van der Waals surface area contributed by atoms with Crippen molar-refractivity contribution in [3.63, 3.8) is 0 Å². The van der Waals surface area contributed by atoms with Gasteiger partial charge in [0, 0.05) is 13.0 Å². The van der Waals surface area contributed by atoms with Gasteiger partial charge in [-0.05, 0) is 12.3 Å². The molecule has 7 nitrogen and oxygen atoms in total. The summed E-state index contributed by atoms with van der Waals surface area (Å²) in [4.78, 5) is 29.3. The van der Waals surface area contributed by atoms with Crippen molar-refractivity contribution in [3.8, 4) is 0 Å². The Hall–Kier alpha value is -1.92. The molecule has 104 valence electrons. The molecule has 1 saturated heterocycles. The third kappa shape index (κ3) is 3.52. The first-order valence-electron chi connectivity index (χ1n) is 6.39. The van der Waals surface area contributed by atoms with E-state index in [2.05, 4.69) is 20.0 Å². The Bertz CT molecular complexity index is 444. The third-order valence-electron chi connectivity index (χ3n) is 3.00. The Balaban J connectivity index is 1.95. The molecule has 2 heterocycles. The minimum Gasteiger partial charge on any atom is -0.343 e. The maximum atomic E-state index is 12.2. The summed E-state index contributed by atoms with van der Waals surface area (Å²) in [6.07, 6.45) is 2.40. The molecule has 1 fully saturated rings. The van der Waals surface area contributed by atoms with Gasteiger partial charge in [0.15, 0.2) is 5.82 Å². The fourth-order valence-corrected chi connectivity index (χ4v) is 2.13. The quantitative estimate of drug-likeness (QED) is 0.809. The van der Waals surface area contributed by atoms with E-state index in [0.717, 1.165) is 0 Å². The molecular weight excluding hydrogens is 248 g/mol. The minimum atomic E-state index is -0.411. The van der Waals surface area contributed by atoms with Crippen LogP contribution in [0, 0.1) is 5.92 Å². The highest BCUT2D eigenvalue weighted by Gasteiger charge is 2.32. The van der Waals surface area contributed by atoms with Gasteiger partial charge in [-0.15, -0.1) is 0 Å². The maximum Gasteiger partial charge on any atom is 0.245 e. The predicted molar refractivity (Wildman–Crippen MR) is 66.0 cm³/mol. The molecule has 1 atom stereocenters. The summed E-state index contributed by atoms with van der Waals surface area (Å²) in [5, 5.41) is 6.43. The number of piperazine rings is 1. The number of carbonyl (C=O) groups is 2. The van der Waals surface area contributed by atoms with Gasteiger partial charge in [-0.1, -0.05) is 19.0 Å². The number of amides is 2. The lowest BCUT2D eigenvalue weighted by Gasteiger charge is -2.33. The van der Waals surface area contributed by atoms with Gasteiger partial charge in [-0.3, -0.25) is 9.59 Å². The number of hydrogen-bond acceptors (Lipinski definition) is 5. The van der Waals surface area contributed by atoms with Crippen molar-refractivity contribution >= 4 is 11.8 Å². The van der Waals surface area contributed by atoms with E-state index in [4.69, 9.17) is 0 Å². The van der Waals surface area contributed by atoms with Gasteiger partial charge in [0.1, 0.15) is 6.04 Å². The van der Waals surface area contributed by atoms with E-state index in [1.807, 2.05) is 13.8 Å². The van der Waals surface area contributed by atoms with E-state index in [1.165, 1.54) is 6.39 Å². The van der Waals surface area contributed by atoms with Gasteiger partial charge in [0.2, 0.25) is 18.2 Å². The molecule has 1 aliphatic rings. The molecule has 7 heteroatoms. The van der Waals surface area contributed by atoms with Gasteiger partial charge in [0.05, 0.1) is 6.54 Å². The normalized spacial score (nSPS) is 19.9. The average Bonchev–Trinajstić information content (AvgIpc) is 2.84. The maximum absolute atomic E-state index is 12.2. The number of hydrogen-bond donors (Lipinski definition) is 1. The van der Waals surface area contributed by atoms with E-state index in [-0.39, 0.29) is 18.4 Å². The van der Waals surface area contributed by atoms with Crippen LogP contribution < -0.4 is 5.32 Å². The number of aromatic nitrogens is 2. The Labute approximate surface area is 111 Å². The highest BCUT2D eigenvalue weighted by atomic mass is 16.5. The van der Waals surface area contributed by atoms with Gasteiger partial charge >= 0.3 is 0 Å². The first-order chi connectivity index (χ1) is 9.06. The Morgan fingerprint density at radius 3 is 2.95 bits per heavy atom. The highest BCUT2D eigenvalue weighted by molar-refractivity contribution is 5.94. The molecular formula is C12H18N4O3. The predicted octanol–water partition coefficient (Wildman–Crippen LogP) is -0.0148. The van der Waals surface area contributed by atoms with Gasteiger partial charge in [-0.25, -0.2) is 0 Å². The summed E-state index contributed by atoms with van der Waals surface area (Å²) in [6, 6.07) is -0.411. The first-order valence-corrected chi connectivity index (χ1v) is 6.39. The van der Waals surface area contributed by atoms with Crippen LogP contribution in [0.15, 0.2) is 10.9 Å². The zero-order chi connectivity index (χ0) is 13.8. The van der Waals surface area contributed by atoms with Gasteiger partial charge in [0.25, 0.3) is 0 Å². The van der Waals surface area contributed by atoms with Crippen molar-refractivity contribution in [1.29, 1.82) is 0 Å². The molecule has 1 aromatic heterocycles. The second-order valence-corrected chi connectivity index (χ2v) is 5.11. The lowest BCUT2D eigenvalue weighted by atomic mass is 10.0. The Morgan fingerprint density at radius 2 is 2.32 bits per heavy atom. The summed E-state index contributed by atoms with van der Waals surface area (Å²) in [6.45, 7) is 4.58. The van der Waals surface area contributed by atoms with Gasteiger partial charge < -0.3 is 14.7 Å². The monoisotopic (exact) mass is 266 g/mol. The molecule has 0 bridgehead atoms. The molecule has 1 unspecified atom stereocenters. The second kappa shape index (κ2) is 5.81. The first kappa shape index (κ1) is 13.5. The fraction of sp³-hybridized carbons (Fsp3) is 0.667. The van der Waals surface area contributed by atoms with Crippen LogP contribution in [-0.2, 0) is 16.0 Å². The molecule has 19 heavy (non-hydrogen) atoms. The largest absolute Gasteiger partial charge is 0.343 e. The lowest BCUT2D eigenvalue weighted by Crippen LogP contribution is -2.58. The van der Waals surface area contributed by atoms with Crippen LogP contribution in [0.2, 0.25) is 0 Å². The zero-order valence-electron chi connectivity index (χ0n) is 11.1. The molecule has 0 spiro atoms. The van der Waals surface area contributed by atoms with Crippen LogP contribution in [-0.4, -0.2) is 46.0 Å². The molecule has 0 aromatic carbocycles. The SMILES string of the molecule is CC(C)CC1NC(=O)CN(CCc2ncon2)C1=O. The molecule has 1 aliphatic heterocycles. The lowest BCUT2D eigenvalue weighted by molar-refractivity contribution is -0.144. The molecule has 1 N–H and O–H groups in total. The van der Waals surface area contributed by atoms with E-state index >= 15 is 0 Å². The van der Waals surface area contributed by atoms with Crippen LogP contribution in [0.5, 0.6) is 0 Å². The highest BCUT2D eigenvalue weighted by Crippen LogP contribution is 2.12. The summed E-state index contributed by atoms with van der Waals surface area (Å²) < 4.78 is 4.63. The standard InChI is InChI=1S/C12H18N4O3/c1-8(2)5-9-12(18)16(6-11(17)14-9)4-3-10-13-7-19-15-10/h7-9H,3-6H2,1-2H3,(H,14,17). The van der Waals surface area contributed by atoms with Crippen LogP contribution in [0.1, 0.15) is 26.1 Å². The van der Waals surface area contributed by atoms with Crippen molar-refractivity contribution < 1.29 is 14.1 Å². The topological polar surface area (TPSA) is 88.3 Å². The van der Waals surface area contributed by atoms with Crippen LogP contribution >= 0.6 is 0 Å². The van der Waals surface area contributed by atoms with Crippen molar-refractivity contribution in [2.45, 2.75) is 32.7 Å². The fourth-order valence-electron chi connectivity index (χ4n) is 2.13. The van der Waals surface area contributed by atoms with Crippen molar-refractivity contribution in [1.82, 2.24) is 20.4 Å². The van der Waals surface area contributed by atoms with Crippen LogP contribution in [0.4, 0.5) is 0 Å². The van der Waals surface area contributed by atoms with Crippen molar-refractivity contribution in [2.75, 3.05) is 13.1 Å². The third-order valence-corrected chi connectivity index (χ3v) is 3.00. The van der Waals surface area contributed by atoms with Crippen LogP contribution in [0.25, 0.3) is 0 Å². The Morgan fingerprint density at radius 1 is 1.53 bits per heavy atom. The summed E-state index contributed by atoms with van der Waals surface area (Å²) in [7, 11) is 0. The molecule has 0 saturated carbocycles. The van der Waals surface area contributed by atoms with E-state index < -0.39 is 6.04 Å². The summed E-state index contributed by atoms with van der Waals surface area (Å²) in [5.41, 5.74) is 0. The molecule has 1 aromatic rings. The smallest absolute Gasteiger partial charge is 0.245 e. The summed E-state index contributed by atoms with van der Waals surface area (Å²) >= 11 is 0. The van der Waals surface area contributed by atoms with Gasteiger partial charge in [-0.2, -0.15) is 4.98 Å². The molecule has 0 radical (unpaired) electrons. The zero-order valence-corrected chi connectivity index (χ0v) is 11.1. The average molecular weight is 266 g/mol. The summed E-state index contributed by atoms with van der Waals surface area (Å²) in [5.74, 6) is 0.751. The molecule has 2 amide bonds.